The summed E-state index contributed by atoms with van der Waals surface area (Å²) in [4.78, 5) is 11.2. The molecule has 8 nitrogen and oxygen atoms in total. The molecule has 3 aromatic rings. The molecular formula is C20H19F3N2O6S2. The SMILES string of the molecule is COCCOc1cc(CC(=O)O)cc(S(=O)(=O)c2ccc(-c3cc(C(F)(F)F)n(C)n3)s2)c1. The maximum Gasteiger partial charge on any atom is 0.433 e. The highest BCUT2D eigenvalue weighted by Crippen LogP contribution is 2.37. The third-order valence-electron chi connectivity index (χ3n) is 4.43. The van der Waals surface area contributed by atoms with E-state index >= 15 is 0 Å². The number of halogens is 3. The highest BCUT2D eigenvalue weighted by molar-refractivity contribution is 7.93. The van der Waals surface area contributed by atoms with Gasteiger partial charge in [-0.05, 0) is 42.0 Å². The minimum Gasteiger partial charge on any atom is -0.491 e. The van der Waals surface area contributed by atoms with Crippen LogP contribution in [0.5, 0.6) is 5.75 Å². The molecule has 0 spiro atoms. The molecular weight excluding hydrogens is 485 g/mol. The molecule has 0 fully saturated rings. The highest BCUT2D eigenvalue weighted by Gasteiger charge is 2.35. The Morgan fingerprint density at radius 2 is 1.91 bits per heavy atom. The molecule has 0 atom stereocenters. The van der Waals surface area contributed by atoms with Crippen LogP contribution in [0.3, 0.4) is 0 Å². The maximum absolute atomic E-state index is 13.2. The Bertz CT molecular complexity index is 1270. The van der Waals surface area contributed by atoms with Crippen LogP contribution in [-0.4, -0.2) is 49.6 Å². The van der Waals surface area contributed by atoms with Crippen molar-refractivity contribution in [1.82, 2.24) is 9.78 Å². The van der Waals surface area contributed by atoms with E-state index < -0.39 is 34.1 Å². The van der Waals surface area contributed by atoms with E-state index in [4.69, 9.17) is 14.6 Å². The molecule has 33 heavy (non-hydrogen) atoms. The van der Waals surface area contributed by atoms with Gasteiger partial charge in [-0.15, -0.1) is 11.3 Å². The van der Waals surface area contributed by atoms with Gasteiger partial charge in [0, 0.05) is 14.2 Å². The summed E-state index contributed by atoms with van der Waals surface area (Å²) in [7, 11) is -1.50. The number of aliphatic carboxylic acids is 1. The van der Waals surface area contributed by atoms with Crippen LogP contribution >= 0.6 is 11.3 Å². The average Bonchev–Trinajstić information content (AvgIpc) is 3.34. The molecule has 0 saturated carbocycles. The van der Waals surface area contributed by atoms with Crippen LogP contribution in [0.15, 0.2) is 45.5 Å². The lowest BCUT2D eigenvalue weighted by molar-refractivity contribution is -0.143. The number of aromatic nitrogens is 2. The van der Waals surface area contributed by atoms with Crippen molar-refractivity contribution < 1.29 is 41.0 Å². The number of rotatable bonds is 9. The average molecular weight is 505 g/mol. The first-order chi connectivity index (χ1) is 15.4. The second-order valence-electron chi connectivity index (χ2n) is 6.88. The molecule has 0 saturated heterocycles. The molecule has 0 radical (unpaired) electrons. The van der Waals surface area contributed by atoms with Gasteiger partial charge in [0.2, 0.25) is 9.84 Å². The summed E-state index contributed by atoms with van der Waals surface area (Å²) < 4.78 is 76.5. The first-order valence-corrected chi connectivity index (χ1v) is 11.7. The number of hydrogen-bond acceptors (Lipinski definition) is 7. The molecule has 1 aromatic carbocycles. The van der Waals surface area contributed by atoms with E-state index in [0.29, 0.717) is 4.68 Å². The standard InChI is InChI=1S/C20H19F3N2O6S2/c1-25-17(20(21,22)23)11-15(24-25)16-3-4-19(32-16)33(28,29)14-8-12(9-18(26)27)7-13(10-14)31-6-5-30-2/h3-4,7-8,10-11H,5-6,9H2,1-2H3,(H,26,27). The number of aryl methyl sites for hydroxylation is 1. The first kappa shape index (κ1) is 24.7. The minimum absolute atomic E-state index is 0.0144. The van der Waals surface area contributed by atoms with E-state index in [9.17, 15) is 26.4 Å². The lowest BCUT2D eigenvalue weighted by Gasteiger charge is -2.10. The fraction of sp³-hybridized carbons (Fsp3) is 0.300. The third-order valence-corrected chi connectivity index (χ3v) is 7.76. The van der Waals surface area contributed by atoms with Gasteiger partial charge in [-0.3, -0.25) is 9.48 Å². The van der Waals surface area contributed by atoms with Gasteiger partial charge >= 0.3 is 12.1 Å². The quantitative estimate of drug-likeness (QED) is 0.443. The van der Waals surface area contributed by atoms with Crippen LogP contribution in [0.1, 0.15) is 11.3 Å². The lowest BCUT2D eigenvalue weighted by Crippen LogP contribution is -2.11. The summed E-state index contributed by atoms with van der Waals surface area (Å²) in [6, 6.07) is 7.41. The van der Waals surface area contributed by atoms with E-state index in [0.717, 1.165) is 24.5 Å². The number of thiophene rings is 1. The maximum atomic E-state index is 13.2. The van der Waals surface area contributed by atoms with Crippen LogP contribution in [0.2, 0.25) is 0 Å². The van der Waals surface area contributed by atoms with Gasteiger partial charge in [-0.1, -0.05) is 0 Å². The third kappa shape index (κ3) is 5.72. The molecule has 0 bridgehead atoms. The van der Waals surface area contributed by atoms with Gasteiger partial charge in [-0.2, -0.15) is 18.3 Å². The van der Waals surface area contributed by atoms with E-state index in [1.54, 1.807) is 0 Å². The van der Waals surface area contributed by atoms with Crippen molar-refractivity contribution in [2.75, 3.05) is 20.3 Å². The fourth-order valence-electron chi connectivity index (χ4n) is 2.96. The number of sulfone groups is 1. The Labute approximate surface area is 191 Å². The largest absolute Gasteiger partial charge is 0.491 e. The number of carbonyl (C=O) groups is 1. The van der Waals surface area contributed by atoms with E-state index in [1.165, 1.54) is 37.4 Å². The predicted octanol–water partition coefficient (Wildman–Crippen LogP) is 3.65. The highest BCUT2D eigenvalue weighted by atomic mass is 32.2. The normalized spacial score (nSPS) is 12.2. The Balaban J connectivity index is 1.98. The van der Waals surface area contributed by atoms with Crippen LogP contribution in [0.4, 0.5) is 13.2 Å². The smallest absolute Gasteiger partial charge is 0.433 e. The molecule has 0 aliphatic heterocycles. The van der Waals surface area contributed by atoms with Crippen molar-refractivity contribution in [3.63, 3.8) is 0 Å². The van der Waals surface area contributed by atoms with Crippen molar-refractivity contribution in [2.24, 2.45) is 7.05 Å². The van der Waals surface area contributed by atoms with Gasteiger partial charge in [0.05, 0.1) is 22.8 Å². The lowest BCUT2D eigenvalue weighted by atomic mass is 10.1. The molecule has 13 heteroatoms. The molecule has 0 amide bonds. The van der Waals surface area contributed by atoms with Gasteiger partial charge < -0.3 is 14.6 Å². The number of methoxy groups -OCH3 is 1. The zero-order valence-electron chi connectivity index (χ0n) is 17.4. The molecule has 2 aromatic heterocycles. The Hall–Kier alpha value is -2.90. The number of benzene rings is 1. The second kappa shape index (κ2) is 9.53. The summed E-state index contributed by atoms with van der Waals surface area (Å²) in [5.41, 5.74) is -0.763. The van der Waals surface area contributed by atoms with Crippen molar-refractivity contribution in [1.29, 1.82) is 0 Å². The molecule has 3 rings (SSSR count). The fourth-order valence-corrected chi connectivity index (χ4v) is 5.71. The second-order valence-corrected chi connectivity index (χ2v) is 10.1. The van der Waals surface area contributed by atoms with Crippen LogP contribution in [0.25, 0.3) is 10.6 Å². The Kier molecular flexibility index (Phi) is 7.14. The van der Waals surface area contributed by atoms with Crippen LogP contribution < -0.4 is 4.74 Å². The molecule has 2 heterocycles. The number of nitrogens with zero attached hydrogens (tertiary/aromatic N) is 2. The molecule has 0 aliphatic carbocycles. The van der Waals surface area contributed by atoms with Gasteiger partial charge in [0.1, 0.15) is 28.0 Å². The monoisotopic (exact) mass is 504 g/mol. The topological polar surface area (TPSA) is 108 Å². The molecule has 0 unspecified atom stereocenters. The summed E-state index contributed by atoms with van der Waals surface area (Å²) in [6.45, 7) is 0.362. The summed E-state index contributed by atoms with van der Waals surface area (Å²) in [5.74, 6) is -0.998. The number of carboxylic acid groups (broad SMARTS) is 1. The molecule has 178 valence electrons. The predicted molar refractivity (Wildman–Crippen MR) is 112 cm³/mol. The molecule has 1 N–H and O–H groups in total. The van der Waals surface area contributed by atoms with E-state index in [-0.39, 0.29) is 44.2 Å². The van der Waals surface area contributed by atoms with Crippen molar-refractivity contribution in [3.05, 3.63) is 47.7 Å². The Morgan fingerprint density at radius 1 is 1.18 bits per heavy atom. The Morgan fingerprint density at radius 3 is 2.52 bits per heavy atom. The van der Waals surface area contributed by atoms with Gasteiger partial charge in [0.25, 0.3) is 0 Å². The summed E-state index contributed by atoms with van der Waals surface area (Å²) >= 11 is 0.759. The van der Waals surface area contributed by atoms with Crippen molar-refractivity contribution in [3.8, 4) is 16.3 Å². The van der Waals surface area contributed by atoms with Gasteiger partial charge in [0.15, 0.2) is 0 Å². The minimum atomic E-state index is -4.60. The zero-order chi connectivity index (χ0) is 24.4. The van der Waals surface area contributed by atoms with E-state index in [1.807, 2.05) is 0 Å². The number of carboxylic acids is 1. The summed E-state index contributed by atoms with van der Waals surface area (Å²) in [6.07, 6.45) is -5.02. The number of alkyl halides is 3. The first-order valence-electron chi connectivity index (χ1n) is 9.36. The van der Waals surface area contributed by atoms with Crippen molar-refractivity contribution >= 4 is 27.1 Å². The zero-order valence-corrected chi connectivity index (χ0v) is 19.1. The summed E-state index contributed by atoms with van der Waals surface area (Å²) in [5, 5.41) is 12.9. The van der Waals surface area contributed by atoms with Crippen molar-refractivity contribution in [2.45, 2.75) is 21.7 Å². The molecule has 0 aliphatic rings. The number of ether oxygens (including phenoxy) is 2. The number of hydrogen-bond donors (Lipinski definition) is 1. The van der Waals surface area contributed by atoms with Crippen LogP contribution in [-0.2, 0) is 39.0 Å². The van der Waals surface area contributed by atoms with Crippen LogP contribution in [0, 0.1) is 0 Å². The van der Waals surface area contributed by atoms with Gasteiger partial charge in [-0.25, -0.2) is 8.42 Å². The van der Waals surface area contributed by atoms with E-state index in [2.05, 4.69) is 5.10 Å².